The highest BCUT2D eigenvalue weighted by molar-refractivity contribution is 6.01. The molecule has 0 unspecified atom stereocenters. The van der Waals surface area contributed by atoms with Gasteiger partial charge in [0.15, 0.2) is 11.5 Å². The summed E-state index contributed by atoms with van der Waals surface area (Å²) in [6.45, 7) is 0.277. The van der Waals surface area contributed by atoms with E-state index >= 15 is 0 Å². The van der Waals surface area contributed by atoms with Crippen LogP contribution in [0.5, 0.6) is 11.5 Å². The minimum absolute atomic E-state index is 0.0754. The van der Waals surface area contributed by atoms with Gasteiger partial charge in [-0.2, -0.15) is 5.26 Å². The van der Waals surface area contributed by atoms with Gasteiger partial charge in [-0.15, -0.1) is 0 Å². The largest absolute Gasteiger partial charge is 0.504 e. The lowest BCUT2D eigenvalue weighted by Crippen LogP contribution is -2.27. The fourth-order valence-electron chi connectivity index (χ4n) is 1.95. The number of amides is 1. The molecule has 1 aromatic carbocycles. The topological polar surface area (TPSA) is 97.5 Å². The van der Waals surface area contributed by atoms with Gasteiger partial charge in [0.05, 0.1) is 12.2 Å². The molecule has 0 aliphatic heterocycles. The van der Waals surface area contributed by atoms with Crippen molar-refractivity contribution in [1.29, 1.82) is 5.26 Å². The maximum absolute atomic E-state index is 12.3. The summed E-state index contributed by atoms with van der Waals surface area (Å²) in [6.07, 6.45) is 2.99. The predicted molar refractivity (Wildman–Crippen MR) is 84.1 cm³/mol. The molecule has 0 saturated heterocycles. The molecule has 1 heterocycles. The van der Waals surface area contributed by atoms with Crippen LogP contribution in [-0.4, -0.2) is 33.1 Å². The number of hydrogen-bond donors (Lipinski definition) is 2. The standard InChI is InChI=1S/C17H15N3O3/c1-20(11-14-4-2-3-7-19-14)17(23)13(10-18)8-12-5-6-15(21)16(22)9-12/h2-9,21-22H,11H2,1H3/b13-8+. The summed E-state index contributed by atoms with van der Waals surface area (Å²) in [5, 5.41) is 27.9. The minimum atomic E-state index is -0.453. The van der Waals surface area contributed by atoms with E-state index in [0.717, 1.165) is 0 Å². The van der Waals surface area contributed by atoms with Crippen molar-refractivity contribution in [2.24, 2.45) is 0 Å². The van der Waals surface area contributed by atoms with Crippen molar-refractivity contribution in [1.82, 2.24) is 9.88 Å². The second-order valence-electron chi connectivity index (χ2n) is 4.90. The van der Waals surface area contributed by atoms with Gasteiger partial charge in [-0.25, -0.2) is 0 Å². The summed E-state index contributed by atoms with van der Waals surface area (Å²) in [5.41, 5.74) is 1.08. The van der Waals surface area contributed by atoms with Crippen LogP contribution in [0.1, 0.15) is 11.3 Å². The van der Waals surface area contributed by atoms with Crippen molar-refractivity contribution >= 4 is 12.0 Å². The number of aromatic hydroxyl groups is 2. The van der Waals surface area contributed by atoms with Crippen LogP contribution in [0.25, 0.3) is 6.08 Å². The quantitative estimate of drug-likeness (QED) is 0.512. The van der Waals surface area contributed by atoms with Crippen LogP contribution in [0.15, 0.2) is 48.2 Å². The first kappa shape index (κ1) is 16.0. The first-order valence-corrected chi connectivity index (χ1v) is 6.80. The van der Waals surface area contributed by atoms with Crippen molar-refractivity contribution in [3.05, 3.63) is 59.4 Å². The third kappa shape index (κ3) is 4.08. The molecule has 1 amide bonds. The van der Waals surface area contributed by atoms with Gasteiger partial charge < -0.3 is 15.1 Å². The van der Waals surface area contributed by atoms with Crippen molar-refractivity contribution < 1.29 is 15.0 Å². The molecule has 1 aromatic heterocycles. The van der Waals surface area contributed by atoms with Crippen LogP contribution in [-0.2, 0) is 11.3 Å². The van der Waals surface area contributed by atoms with E-state index in [2.05, 4.69) is 4.98 Å². The molecule has 0 fully saturated rings. The third-order valence-corrected chi connectivity index (χ3v) is 3.13. The zero-order chi connectivity index (χ0) is 16.8. The molecule has 0 aliphatic carbocycles. The highest BCUT2D eigenvalue weighted by Gasteiger charge is 2.15. The van der Waals surface area contributed by atoms with Crippen LogP contribution < -0.4 is 0 Å². The van der Waals surface area contributed by atoms with Gasteiger partial charge >= 0.3 is 0 Å². The zero-order valence-electron chi connectivity index (χ0n) is 12.5. The van der Waals surface area contributed by atoms with E-state index in [1.807, 2.05) is 12.1 Å². The van der Waals surface area contributed by atoms with Crippen LogP contribution >= 0.6 is 0 Å². The smallest absolute Gasteiger partial charge is 0.264 e. The van der Waals surface area contributed by atoms with Crippen molar-refractivity contribution in [2.75, 3.05) is 7.05 Å². The third-order valence-electron chi connectivity index (χ3n) is 3.13. The summed E-state index contributed by atoms with van der Waals surface area (Å²) < 4.78 is 0. The second kappa shape index (κ2) is 7.09. The van der Waals surface area contributed by atoms with E-state index in [1.54, 1.807) is 25.4 Å². The number of phenolic OH excluding ortho intramolecular Hbond substituents is 2. The maximum atomic E-state index is 12.3. The lowest BCUT2D eigenvalue weighted by atomic mass is 10.1. The van der Waals surface area contributed by atoms with E-state index in [9.17, 15) is 20.3 Å². The highest BCUT2D eigenvalue weighted by atomic mass is 16.3. The Kier molecular flexibility index (Phi) is 4.95. The van der Waals surface area contributed by atoms with E-state index in [4.69, 9.17) is 0 Å². The molecule has 6 nitrogen and oxygen atoms in total. The lowest BCUT2D eigenvalue weighted by molar-refractivity contribution is -0.125. The summed E-state index contributed by atoms with van der Waals surface area (Å²) in [7, 11) is 1.58. The number of pyridine rings is 1. The van der Waals surface area contributed by atoms with Gasteiger partial charge in [-0.05, 0) is 35.9 Å². The number of likely N-dealkylation sites (N-methyl/N-ethyl adjacent to an activating group) is 1. The highest BCUT2D eigenvalue weighted by Crippen LogP contribution is 2.26. The summed E-state index contributed by atoms with van der Waals surface area (Å²) in [5.74, 6) is -1.03. The van der Waals surface area contributed by atoms with Crippen LogP contribution in [0.4, 0.5) is 0 Å². The Balaban J connectivity index is 2.19. The Morgan fingerprint density at radius 1 is 1.30 bits per heavy atom. The van der Waals surface area contributed by atoms with Gasteiger partial charge in [0.2, 0.25) is 0 Å². The predicted octanol–water partition coefficient (Wildman–Crippen LogP) is 2.06. The number of hydrogen-bond acceptors (Lipinski definition) is 5. The fourth-order valence-corrected chi connectivity index (χ4v) is 1.95. The Morgan fingerprint density at radius 2 is 2.09 bits per heavy atom. The molecule has 2 N–H and O–H groups in total. The molecule has 23 heavy (non-hydrogen) atoms. The van der Waals surface area contributed by atoms with Crippen molar-refractivity contribution in [2.45, 2.75) is 6.54 Å². The lowest BCUT2D eigenvalue weighted by Gasteiger charge is -2.16. The average molecular weight is 309 g/mol. The van der Waals surface area contributed by atoms with Crippen LogP contribution in [0.2, 0.25) is 0 Å². The van der Waals surface area contributed by atoms with Crippen molar-refractivity contribution in [3.8, 4) is 17.6 Å². The number of benzene rings is 1. The molecule has 116 valence electrons. The molecule has 0 radical (unpaired) electrons. The Morgan fingerprint density at radius 3 is 2.70 bits per heavy atom. The number of rotatable bonds is 4. The van der Waals surface area contributed by atoms with Gasteiger partial charge in [0.1, 0.15) is 11.6 Å². The van der Waals surface area contributed by atoms with Gasteiger partial charge in [-0.3, -0.25) is 9.78 Å². The van der Waals surface area contributed by atoms with Crippen LogP contribution in [0, 0.1) is 11.3 Å². The second-order valence-corrected chi connectivity index (χ2v) is 4.90. The first-order valence-electron chi connectivity index (χ1n) is 6.80. The monoisotopic (exact) mass is 309 g/mol. The molecule has 0 atom stereocenters. The van der Waals surface area contributed by atoms with E-state index in [0.29, 0.717) is 11.3 Å². The molecule has 2 aromatic rings. The fraction of sp³-hybridized carbons (Fsp3) is 0.118. The molecule has 2 rings (SSSR count). The summed E-state index contributed by atoms with van der Waals surface area (Å²) >= 11 is 0. The number of carbonyl (C=O) groups is 1. The minimum Gasteiger partial charge on any atom is -0.504 e. The van der Waals surface area contributed by atoms with Gasteiger partial charge in [0, 0.05) is 13.2 Å². The van der Waals surface area contributed by atoms with Crippen molar-refractivity contribution in [3.63, 3.8) is 0 Å². The average Bonchev–Trinajstić information content (AvgIpc) is 2.56. The SMILES string of the molecule is CN(Cc1ccccn1)C(=O)/C(C#N)=C/c1ccc(O)c(O)c1. The first-order chi connectivity index (χ1) is 11.0. The number of nitrogens with zero attached hydrogens (tertiary/aromatic N) is 3. The molecule has 0 spiro atoms. The van der Waals surface area contributed by atoms with Gasteiger partial charge in [-0.1, -0.05) is 12.1 Å². The maximum Gasteiger partial charge on any atom is 0.264 e. The Labute approximate surface area is 133 Å². The van der Waals surface area contributed by atoms with E-state index in [1.165, 1.54) is 29.2 Å². The van der Waals surface area contributed by atoms with E-state index < -0.39 is 5.91 Å². The molecular weight excluding hydrogens is 294 g/mol. The zero-order valence-corrected chi connectivity index (χ0v) is 12.5. The van der Waals surface area contributed by atoms with E-state index in [-0.39, 0.29) is 23.6 Å². The molecule has 0 saturated carbocycles. The number of aromatic nitrogens is 1. The normalized spacial score (nSPS) is 10.9. The summed E-state index contributed by atoms with van der Waals surface area (Å²) in [4.78, 5) is 17.9. The van der Waals surface area contributed by atoms with Gasteiger partial charge in [0.25, 0.3) is 5.91 Å². The molecular formula is C17H15N3O3. The molecule has 6 heteroatoms. The molecule has 0 aliphatic rings. The van der Waals surface area contributed by atoms with Crippen LogP contribution in [0.3, 0.4) is 0 Å². The number of carbonyl (C=O) groups excluding carboxylic acids is 1. The molecule has 0 bridgehead atoms. The Bertz CT molecular complexity index is 779. The number of nitriles is 1. The Hall–Kier alpha value is -3.33. The number of phenols is 2. The summed E-state index contributed by atoms with van der Waals surface area (Å²) in [6, 6.07) is 11.3.